The number of hydrogen-bond acceptors (Lipinski definition) is 3. The van der Waals surface area contributed by atoms with E-state index < -0.39 is 11.9 Å². The molecule has 4 rings (SSSR count). The Labute approximate surface area is 238 Å². The minimum atomic E-state index is -0.821. The molecular formula is C32H36BrFN2O3. The van der Waals surface area contributed by atoms with E-state index in [1.54, 1.807) is 18.2 Å². The molecule has 0 aliphatic heterocycles. The quantitative estimate of drug-likeness (QED) is 0.285. The lowest BCUT2D eigenvalue weighted by atomic mass is 9.94. The molecule has 2 amide bonds. The number of carbonyl (C=O) groups is 2. The van der Waals surface area contributed by atoms with Crippen molar-refractivity contribution in [3.8, 4) is 5.75 Å². The Morgan fingerprint density at radius 2 is 1.64 bits per heavy atom. The molecule has 0 radical (unpaired) electrons. The number of ether oxygens (including phenoxy) is 1. The Balaban J connectivity index is 1.63. The summed E-state index contributed by atoms with van der Waals surface area (Å²) >= 11 is 3.56. The highest BCUT2D eigenvalue weighted by Crippen LogP contribution is 2.27. The summed E-state index contributed by atoms with van der Waals surface area (Å²) in [5.74, 6) is -0.442. The standard InChI is InChI=1S/C32H36BrFN2O3/c1-22-17-27(18-23(2)31(22)33)39-21-30(37)36(20-25-13-9-10-16-28(25)34)29(19-24-11-5-3-6-12-24)32(38)35-26-14-7-4-8-15-26/h3,5-6,9-13,16-18,26,29H,4,7-8,14-15,19-21H2,1-2H3,(H,35,38)/t29-/m0/s1. The van der Waals surface area contributed by atoms with Crippen LogP contribution in [-0.4, -0.2) is 35.4 Å². The fourth-order valence-corrected chi connectivity index (χ4v) is 5.35. The molecule has 1 N–H and O–H groups in total. The maximum absolute atomic E-state index is 14.8. The van der Waals surface area contributed by atoms with Crippen molar-refractivity contribution in [3.05, 3.63) is 99.3 Å². The second kappa shape index (κ2) is 13.7. The molecule has 1 aliphatic rings. The number of halogens is 2. The summed E-state index contributed by atoms with van der Waals surface area (Å²) in [6.07, 6.45) is 5.49. The Bertz CT molecular complexity index is 1250. The topological polar surface area (TPSA) is 58.6 Å². The van der Waals surface area contributed by atoms with Gasteiger partial charge in [-0.1, -0.05) is 83.7 Å². The van der Waals surface area contributed by atoms with Crippen LogP contribution in [0.5, 0.6) is 5.75 Å². The number of hydrogen-bond donors (Lipinski definition) is 1. The Kier molecular flexibility index (Phi) is 10.2. The normalized spacial score (nSPS) is 14.5. The molecule has 3 aromatic carbocycles. The van der Waals surface area contributed by atoms with Gasteiger partial charge < -0.3 is 15.0 Å². The predicted molar refractivity (Wildman–Crippen MR) is 155 cm³/mol. The number of nitrogens with zero attached hydrogens (tertiary/aromatic N) is 1. The van der Waals surface area contributed by atoms with Crippen molar-refractivity contribution < 1.29 is 18.7 Å². The Morgan fingerprint density at radius 3 is 2.31 bits per heavy atom. The van der Waals surface area contributed by atoms with Crippen molar-refractivity contribution in [2.24, 2.45) is 0 Å². The smallest absolute Gasteiger partial charge is 0.261 e. The van der Waals surface area contributed by atoms with Crippen LogP contribution >= 0.6 is 15.9 Å². The van der Waals surface area contributed by atoms with Gasteiger partial charge in [-0.2, -0.15) is 0 Å². The van der Waals surface area contributed by atoms with E-state index in [0.29, 0.717) is 17.7 Å². The van der Waals surface area contributed by atoms with Crippen LogP contribution in [0.25, 0.3) is 0 Å². The number of aryl methyl sites for hydroxylation is 2. The number of amides is 2. The third-order valence-corrected chi connectivity index (χ3v) is 8.54. The minimum Gasteiger partial charge on any atom is -0.484 e. The fourth-order valence-electron chi connectivity index (χ4n) is 5.13. The van der Waals surface area contributed by atoms with E-state index in [9.17, 15) is 14.0 Å². The predicted octanol–water partition coefficient (Wildman–Crippen LogP) is 6.67. The molecule has 0 aromatic heterocycles. The Morgan fingerprint density at radius 1 is 1.00 bits per heavy atom. The van der Waals surface area contributed by atoms with E-state index >= 15 is 0 Å². The van der Waals surface area contributed by atoms with E-state index in [4.69, 9.17) is 4.74 Å². The molecule has 1 saturated carbocycles. The molecule has 39 heavy (non-hydrogen) atoms. The van der Waals surface area contributed by atoms with Crippen molar-refractivity contribution in [1.29, 1.82) is 0 Å². The first-order chi connectivity index (χ1) is 18.8. The van der Waals surface area contributed by atoms with Crippen molar-refractivity contribution >= 4 is 27.7 Å². The van der Waals surface area contributed by atoms with Crippen LogP contribution < -0.4 is 10.1 Å². The zero-order chi connectivity index (χ0) is 27.8. The summed E-state index contributed by atoms with van der Waals surface area (Å²) in [4.78, 5) is 29.1. The first-order valence-electron chi connectivity index (χ1n) is 13.6. The maximum atomic E-state index is 14.8. The van der Waals surface area contributed by atoms with Crippen LogP contribution in [0.4, 0.5) is 4.39 Å². The largest absolute Gasteiger partial charge is 0.484 e. The van der Waals surface area contributed by atoms with E-state index in [2.05, 4.69) is 21.2 Å². The van der Waals surface area contributed by atoms with Gasteiger partial charge in [0.05, 0.1) is 0 Å². The van der Waals surface area contributed by atoms with Crippen molar-refractivity contribution in [1.82, 2.24) is 10.2 Å². The lowest BCUT2D eigenvalue weighted by Crippen LogP contribution is -2.53. The molecule has 0 unspecified atom stereocenters. The highest BCUT2D eigenvalue weighted by molar-refractivity contribution is 9.10. The second-order valence-electron chi connectivity index (χ2n) is 10.3. The lowest BCUT2D eigenvalue weighted by Gasteiger charge is -2.33. The molecule has 0 saturated heterocycles. The molecular weight excluding hydrogens is 559 g/mol. The molecule has 5 nitrogen and oxygen atoms in total. The molecule has 0 heterocycles. The molecule has 1 aliphatic carbocycles. The average Bonchev–Trinajstić information content (AvgIpc) is 2.94. The van der Waals surface area contributed by atoms with Gasteiger partial charge in [-0.15, -0.1) is 0 Å². The Hall–Kier alpha value is -3.19. The third-order valence-electron chi connectivity index (χ3n) is 7.29. The molecule has 206 valence electrons. The van der Waals surface area contributed by atoms with Crippen molar-refractivity contribution in [2.75, 3.05) is 6.61 Å². The van der Waals surface area contributed by atoms with Crippen LogP contribution in [-0.2, 0) is 22.6 Å². The fraction of sp³-hybridized carbons (Fsp3) is 0.375. The summed E-state index contributed by atoms with van der Waals surface area (Å²) < 4.78 is 21.7. The SMILES string of the molecule is Cc1cc(OCC(=O)N(Cc2ccccc2F)[C@@H](Cc2ccccc2)C(=O)NC2CCCCC2)cc(C)c1Br. The maximum Gasteiger partial charge on any atom is 0.261 e. The highest BCUT2D eigenvalue weighted by Gasteiger charge is 2.32. The summed E-state index contributed by atoms with van der Waals surface area (Å²) in [5, 5.41) is 3.20. The molecule has 0 spiro atoms. The summed E-state index contributed by atoms with van der Waals surface area (Å²) in [6, 6.07) is 19.0. The van der Waals surface area contributed by atoms with Gasteiger partial charge in [0.1, 0.15) is 17.6 Å². The van der Waals surface area contributed by atoms with Gasteiger partial charge in [0.25, 0.3) is 5.91 Å². The molecule has 1 fully saturated rings. The summed E-state index contributed by atoms with van der Waals surface area (Å²) in [6.45, 7) is 3.61. The number of benzene rings is 3. The van der Waals surface area contributed by atoms with Crippen LogP contribution in [0.1, 0.15) is 54.4 Å². The van der Waals surface area contributed by atoms with Crippen LogP contribution in [0, 0.1) is 19.7 Å². The van der Waals surface area contributed by atoms with Crippen LogP contribution in [0.3, 0.4) is 0 Å². The number of rotatable bonds is 10. The van der Waals surface area contributed by atoms with Crippen molar-refractivity contribution in [2.45, 2.75) is 71.0 Å². The number of nitrogens with one attached hydrogen (secondary N) is 1. The van der Waals surface area contributed by atoms with Gasteiger partial charge in [-0.25, -0.2) is 4.39 Å². The van der Waals surface area contributed by atoms with E-state index in [1.165, 1.54) is 17.4 Å². The monoisotopic (exact) mass is 594 g/mol. The van der Waals surface area contributed by atoms with Crippen LogP contribution in [0.15, 0.2) is 71.2 Å². The third kappa shape index (κ3) is 7.91. The second-order valence-corrected chi connectivity index (χ2v) is 11.1. The van der Waals surface area contributed by atoms with Gasteiger partial charge in [-0.05, 0) is 61.6 Å². The van der Waals surface area contributed by atoms with E-state index in [-0.39, 0.29) is 31.0 Å². The average molecular weight is 596 g/mol. The zero-order valence-electron chi connectivity index (χ0n) is 22.6. The van der Waals surface area contributed by atoms with Gasteiger partial charge in [0, 0.05) is 29.0 Å². The van der Waals surface area contributed by atoms with Gasteiger partial charge >= 0.3 is 0 Å². The van der Waals surface area contributed by atoms with Gasteiger partial charge in [0.2, 0.25) is 5.91 Å². The summed E-state index contributed by atoms with van der Waals surface area (Å²) in [7, 11) is 0. The summed E-state index contributed by atoms with van der Waals surface area (Å²) in [5.41, 5.74) is 3.27. The first kappa shape index (κ1) is 28.8. The first-order valence-corrected chi connectivity index (χ1v) is 14.4. The minimum absolute atomic E-state index is 0.0388. The molecule has 0 bridgehead atoms. The van der Waals surface area contributed by atoms with Gasteiger partial charge in [0.15, 0.2) is 6.61 Å². The van der Waals surface area contributed by atoms with Crippen LogP contribution in [0.2, 0.25) is 0 Å². The number of carbonyl (C=O) groups excluding carboxylic acids is 2. The zero-order valence-corrected chi connectivity index (χ0v) is 24.2. The molecule has 7 heteroatoms. The highest BCUT2D eigenvalue weighted by atomic mass is 79.9. The van der Waals surface area contributed by atoms with E-state index in [0.717, 1.165) is 46.8 Å². The lowest BCUT2D eigenvalue weighted by molar-refractivity contribution is -0.143. The molecule has 1 atom stereocenters. The van der Waals surface area contributed by atoms with Gasteiger partial charge in [-0.3, -0.25) is 9.59 Å². The van der Waals surface area contributed by atoms with Crippen molar-refractivity contribution in [3.63, 3.8) is 0 Å². The molecule has 3 aromatic rings. The van der Waals surface area contributed by atoms with E-state index in [1.807, 2.05) is 56.3 Å².